The zero-order valence-corrected chi connectivity index (χ0v) is 19.4. The number of hydrogen-bond acceptors (Lipinski definition) is 7. The molecule has 1 aromatic carbocycles. The predicted octanol–water partition coefficient (Wildman–Crippen LogP) is 4.68. The standard InChI is InChI=1S/C22H30N6S2/c1-26-12-14-27(15-13-26)22-25-28-20(23-17-6-4-3-5-7-17)19(24-21(28)30-22)16-8-10-18(29-2)11-9-16/h8-11,17,23H,3-7,12-15H2,1-2H3. The van der Waals surface area contributed by atoms with Gasteiger partial charge in [-0.15, -0.1) is 16.9 Å². The molecule has 1 aliphatic heterocycles. The van der Waals surface area contributed by atoms with E-state index in [-0.39, 0.29) is 0 Å². The van der Waals surface area contributed by atoms with Crippen molar-refractivity contribution in [1.29, 1.82) is 0 Å². The summed E-state index contributed by atoms with van der Waals surface area (Å²) in [5.41, 5.74) is 2.18. The fourth-order valence-corrected chi connectivity index (χ4v) is 5.75. The van der Waals surface area contributed by atoms with Crippen molar-refractivity contribution in [3.05, 3.63) is 24.3 Å². The summed E-state index contributed by atoms with van der Waals surface area (Å²) in [5.74, 6) is 1.06. The van der Waals surface area contributed by atoms with Gasteiger partial charge in [-0.3, -0.25) is 0 Å². The molecule has 2 fully saturated rings. The van der Waals surface area contributed by atoms with Gasteiger partial charge < -0.3 is 15.1 Å². The Bertz CT molecular complexity index is 981. The van der Waals surface area contributed by atoms with E-state index in [4.69, 9.17) is 10.1 Å². The number of imidazole rings is 1. The summed E-state index contributed by atoms with van der Waals surface area (Å²) in [6, 6.07) is 9.25. The first kappa shape index (κ1) is 20.2. The average Bonchev–Trinajstić information content (AvgIpc) is 3.34. The molecule has 0 unspecified atom stereocenters. The second-order valence-electron chi connectivity index (χ2n) is 8.39. The van der Waals surface area contributed by atoms with Gasteiger partial charge in [0.15, 0.2) is 5.82 Å². The monoisotopic (exact) mass is 442 g/mol. The Morgan fingerprint density at radius 1 is 1.03 bits per heavy atom. The van der Waals surface area contributed by atoms with Gasteiger partial charge >= 0.3 is 0 Å². The van der Waals surface area contributed by atoms with Crippen LogP contribution in [0.25, 0.3) is 16.2 Å². The van der Waals surface area contributed by atoms with Crippen LogP contribution in [-0.2, 0) is 0 Å². The fourth-order valence-electron chi connectivity index (χ4n) is 4.38. The summed E-state index contributed by atoms with van der Waals surface area (Å²) >= 11 is 3.48. The van der Waals surface area contributed by atoms with Crippen LogP contribution in [-0.4, -0.2) is 65.0 Å². The molecule has 1 saturated heterocycles. The Labute approximate surface area is 186 Å². The number of piperazine rings is 1. The van der Waals surface area contributed by atoms with Crippen LogP contribution in [0.4, 0.5) is 10.9 Å². The lowest BCUT2D eigenvalue weighted by Gasteiger charge is -2.31. The smallest absolute Gasteiger partial charge is 0.216 e. The molecular weight excluding hydrogens is 412 g/mol. The lowest BCUT2D eigenvalue weighted by atomic mass is 9.95. The van der Waals surface area contributed by atoms with Gasteiger partial charge in [-0.2, -0.15) is 4.52 Å². The summed E-state index contributed by atoms with van der Waals surface area (Å²) < 4.78 is 2.06. The van der Waals surface area contributed by atoms with E-state index in [0.29, 0.717) is 6.04 Å². The van der Waals surface area contributed by atoms with Crippen LogP contribution in [0, 0.1) is 0 Å². The molecule has 6 nitrogen and oxygen atoms in total. The van der Waals surface area contributed by atoms with Crippen LogP contribution in [0.1, 0.15) is 32.1 Å². The summed E-state index contributed by atoms with van der Waals surface area (Å²) in [6.07, 6.45) is 8.54. The molecule has 160 valence electrons. The second kappa shape index (κ2) is 8.77. The molecule has 1 aliphatic carbocycles. The third-order valence-corrected chi connectivity index (χ3v) is 7.99. The lowest BCUT2D eigenvalue weighted by Crippen LogP contribution is -2.44. The molecule has 3 aromatic rings. The van der Waals surface area contributed by atoms with E-state index in [1.807, 2.05) is 0 Å². The summed E-state index contributed by atoms with van der Waals surface area (Å²) in [4.78, 5) is 12.1. The number of thioether (sulfide) groups is 1. The molecule has 1 N–H and O–H groups in total. The van der Waals surface area contributed by atoms with Gasteiger partial charge in [0.2, 0.25) is 10.1 Å². The zero-order chi connectivity index (χ0) is 20.5. The van der Waals surface area contributed by atoms with Crippen molar-refractivity contribution in [2.24, 2.45) is 0 Å². The molecular formula is C22H30N6S2. The van der Waals surface area contributed by atoms with Crippen LogP contribution in [0.2, 0.25) is 0 Å². The van der Waals surface area contributed by atoms with Crippen LogP contribution in [0.5, 0.6) is 0 Å². The van der Waals surface area contributed by atoms with E-state index in [1.54, 1.807) is 23.1 Å². The fraction of sp³-hybridized carbons (Fsp3) is 0.545. The van der Waals surface area contributed by atoms with Crippen molar-refractivity contribution < 1.29 is 0 Å². The molecule has 0 amide bonds. The lowest BCUT2D eigenvalue weighted by molar-refractivity contribution is 0.312. The SMILES string of the molecule is CSc1ccc(-c2nc3sc(N4CCN(C)CC4)nn3c2NC2CCCCC2)cc1. The maximum Gasteiger partial charge on any atom is 0.216 e. The zero-order valence-electron chi connectivity index (χ0n) is 17.8. The third-order valence-electron chi connectivity index (χ3n) is 6.28. The van der Waals surface area contributed by atoms with Gasteiger partial charge in [0, 0.05) is 42.7 Å². The molecule has 0 bridgehead atoms. The molecule has 0 atom stereocenters. The number of rotatable bonds is 5. The van der Waals surface area contributed by atoms with E-state index in [2.05, 4.69) is 57.2 Å². The van der Waals surface area contributed by atoms with E-state index in [0.717, 1.165) is 53.3 Å². The van der Waals surface area contributed by atoms with E-state index < -0.39 is 0 Å². The molecule has 8 heteroatoms. The first-order chi connectivity index (χ1) is 14.7. The quantitative estimate of drug-likeness (QED) is 0.579. The first-order valence-corrected chi connectivity index (χ1v) is 13.0. The minimum atomic E-state index is 0.511. The first-order valence-electron chi connectivity index (χ1n) is 11.0. The highest BCUT2D eigenvalue weighted by molar-refractivity contribution is 7.98. The molecule has 2 aromatic heterocycles. The highest BCUT2D eigenvalue weighted by Crippen LogP contribution is 2.35. The Balaban J connectivity index is 1.51. The van der Waals surface area contributed by atoms with E-state index in [1.165, 1.54) is 37.0 Å². The number of aromatic nitrogens is 3. The summed E-state index contributed by atoms with van der Waals surface area (Å²) in [7, 11) is 2.19. The Hall–Kier alpha value is -1.77. The number of nitrogens with one attached hydrogen (secondary N) is 1. The topological polar surface area (TPSA) is 48.7 Å². The summed E-state index contributed by atoms with van der Waals surface area (Å²) in [6.45, 7) is 4.23. The summed E-state index contributed by atoms with van der Waals surface area (Å²) in [5, 5.41) is 9.94. The van der Waals surface area contributed by atoms with E-state index in [9.17, 15) is 0 Å². The van der Waals surface area contributed by atoms with Crippen molar-refractivity contribution in [2.45, 2.75) is 43.0 Å². The number of hydrogen-bond donors (Lipinski definition) is 1. The molecule has 2 aliphatic rings. The van der Waals surface area contributed by atoms with Gasteiger partial charge in [-0.05, 0) is 38.3 Å². The maximum atomic E-state index is 5.05. The number of fused-ring (bicyclic) bond motifs is 1. The highest BCUT2D eigenvalue weighted by atomic mass is 32.2. The molecule has 5 rings (SSSR count). The molecule has 3 heterocycles. The number of nitrogens with zero attached hydrogens (tertiary/aromatic N) is 5. The molecule has 30 heavy (non-hydrogen) atoms. The minimum absolute atomic E-state index is 0.511. The number of anilines is 2. The Morgan fingerprint density at radius 3 is 2.47 bits per heavy atom. The average molecular weight is 443 g/mol. The minimum Gasteiger partial charge on any atom is -0.365 e. The van der Waals surface area contributed by atoms with Crippen molar-refractivity contribution in [3.63, 3.8) is 0 Å². The third kappa shape index (κ3) is 4.05. The number of likely N-dealkylation sites (N-methyl/N-ethyl adjacent to an activating group) is 1. The van der Waals surface area contributed by atoms with Gasteiger partial charge in [-0.1, -0.05) is 42.7 Å². The normalized spacial score (nSPS) is 18.9. The molecule has 0 spiro atoms. The van der Waals surface area contributed by atoms with Crippen LogP contribution < -0.4 is 10.2 Å². The predicted molar refractivity (Wildman–Crippen MR) is 128 cm³/mol. The van der Waals surface area contributed by atoms with Gasteiger partial charge in [0.1, 0.15) is 5.69 Å². The highest BCUT2D eigenvalue weighted by Gasteiger charge is 2.24. The Kier molecular flexibility index (Phi) is 5.89. The van der Waals surface area contributed by atoms with Gasteiger partial charge in [0.05, 0.1) is 0 Å². The van der Waals surface area contributed by atoms with Crippen LogP contribution in [0.15, 0.2) is 29.2 Å². The van der Waals surface area contributed by atoms with Crippen molar-refractivity contribution in [1.82, 2.24) is 19.5 Å². The Morgan fingerprint density at radius 2 is 1.77 bits per heavy atom. The number of benzene rings is 1. The van der Waals surface area contributed by atoms with Gasteiger partial charge in [0.25, 0.3) is 0 Å². The molecule has 1 saturated carbocycles. The van der Waals surface area contributed by atoms with Crippen molar-refractivity contribution in [2.75, 3.05) is 49.7 Å². The van der Waals surface area contributed by atoms with Gasteiger partial charge in [-0.25, -0.2) is 4.98 Å². The van der Waals surface area contributed by atoms with E-state index >= 15 is 0 Å². The second-order valence-corrected chi connectivity index (χ2v) is 10.2. The largest absolute Gasteiger partial charge is 0.365 e. The van der Waals surface area contributed by atoms with Crippen LogP contribution >= 0.6 is 23.1 Å². The van der Waals surface area contributed by atoms with Crippen LogP contribution in [0.3, 0.4) is 0 Å². The van der Waals surface area contributed by atoms with Crippen molar-refractivity contribution >= 4 is 39.0 Å². The maximum absolute atomic E-state index is 5.05. The molecule has 0 radical (unpaired) electrons. The van der Waals surface area contributed by atoms with Crippen molar-refractivity contribution in [3.8, 4) is 11.3 Å².